The SMILES string of the molecule is CCc1cc(Br)ccc1C1=C(O)C2(CCCCC2)OC(C)(C)C1=O. The Labute approximate surface area is 152 Å². The van der Waals surface area contributed by atoms with E-state index in [-0.39, 0.29) is 11.5 Å². The van der Waals surface area contributed by atoms with Crippen molar-refractivity contribution in [2.24, 2.45) is 0 Å². The van der Waals surface area contributed by atoms with E-state index in [1.165, 1.54) is 0 Å². The van der Waals surface area contributed by atoms with Gasteiger partial charge in [0.15, 0.2) is 5.78 Å². The number of ether oxygens (including phenoxy) is 1. The van der Waals surface area contributed by atoms with Crippen LogP contribution in [0.5, 0.6) is 0 Å². The Bertz CT molecular complexity index is 697. The Balaban J connectivity index is 2.22. The van der Waals surface area contributed by atoms with Crippen molar-refractivity contribution in [1.29, 1.82) is 0 Å². The summed E-state index contributed by atoms with van der Waals surface area (Å²) in [4.78, 5) is 13.1. The van der Waals surface area contributed by atoms with Crippen LogP contribution < -0.4 is 0 Å². The van der Waals surface area contributed by atoms with E-state index in [2.05, 4.69) is 22.9 Å². The average molecular weight is 393 g/mol. The summed E-state index contributed by atoms with van der Waals surface area (Å²) >= 11 is 3.50. The van der Waals surface area contributed by atoms with Gasteiger partial charge in [-0.1, -0.05) is 48.2 Å². The summed E-state index contributed by atoms with van der Waals surface area (Å²) in [6.07, 6.45) is 5.53. The van der Waals surface area contributed by atoms with Crippen LogP contribution in [0, 0.1) is 0 Å². The van der Waals surface area contributed by atoms with E-state index in [1.54, 1.807) is 0 Å². The Morgan fingerprint density at radius 3 is 2.50 bits per heavy atom. The molecule has 0 unspecified atom stereocenters. The maximum atomic E-state index is 13.1. The number of rotatable bonds is 2. The zero-order valence-corrected chi connectivity index (χ0v) is 16.2. The highest BCUT2D eigenvalue weighted by molar-refractivity contribution is 9.10. The Hall–Kier alpha value is -1.13. The third-order valence-electron chi connectivity index (χ3n) is 5.27. The van der Waals surface area contributed by atoms with E-state index in [0.717, 1.165) is 54.1 Å². The van der Waals surface area contributed by atoms with Gasteiger partial charge in [0, 0.05) is 4.47 Å². The molecule has 0 saturated heterocycles. The number of aryl methyl sites for hydroxylation is 1. The van der Waals surface area contributed by atoms with Crippen LogP contribution in [-0.4, -0.2) is 22.1 Å². The van der Waals surface area contributed by atoms with E-state index in [0.29, 0.717) is 5.57 Å². The molecule has 3 nitrogen and oxygen atoms in total. The standard InChI is InChI=1S/C20H25BrO3/c1-4-13-12-14(21)8-9-15(13)16-17(22)19(2,3)24-20(18(16)23)10-6-5-7-11-20/h8-9,12,23H,4-7,10-11H2,1-3H3. The molecule has 0 amide bonds. The van der Waals surface area contributed by atoms with Gasteiger partial charge >= 0.3 is 0 Å². The minimum atomic E-state index is -0.920. The Kier molecular flexibility index (Phi) is 4.65. The molecule has 0 atom stereocenters. The molecule has 3 rings (SSSR count). The van der Waals surface area contributed by atoms with Gasteiger partial charge in [0.1, 0.15) is 17.0 Å². The molecular weight excluding hydrogens is 368 g/mol. The highest BCUT2D eigenvalue weighted by Crippen LogP contribution is 2.47. The van der Waals surface area contributed by atoms with Crippen LogP contribution in [0.2, 0.25) is 0 Å². The van der Waals surface area contributed by atoms with E-state index in [4.69, 9.17) is 4.74 Å². The molecular formula is C20H25BrO3. The third kappa shape index (κ3) is 2.84. The first-order valence-electron chi connectivity index (χ1n) is 8.78. The van der Waals surface area contributed by atoms with Gasteiger partial charge in [-0.15, -0.1) is 0 Å². The molecule has 1 spiro atoms. The molecule has 0 bridgehead atoms. The van der Waals surface area contributed by atoms with Crippen LogP contribution in [0.15, 0.2) is 28.4 Å². The lowest BCUT2D eigenvalue weighted by Crippen LogP contribution is -2.53. The summed E-state index contributed by atoms with van der Waals surface area (Å²) in [6.45, 7) is 5.71. The number of ketones is 1. The maximum Gasteiger partial charge on any atom is 0.198 e. The number of halogens is 1. The number of Topliss-reactive ketones (excluding diaryl/α,β-unsaturated/α-hetero) is 1. The van der Waals surface area contributed by atoms with Crippen LogP contribution >= 0.6 is 15.9 Å². The molecule has 1 fully saturated rings. The highest BCUT2D eigenvalue weighted by Gasteiger charge is 2.52. The molecule has 0 aromatic heterocycles. The van der Waals surface area contributed by atoms with Gasteiger partial charge in [0.05, 0.1) is 5.57 Å². The van der Waals surface area contributed by atoms with Crippen molar-refractivity contribution >= 4 is 27.3 Å². The Morgan fingerprint density at radius 1 is 1.21 bits per heavy atom. The Morgan fingerprint density at radius 2 is 1.88 bits per heavy atom. The molecule has 1 heterocycles. The van der Waals surface area contributed by atoms with Gasteiger partial charge < -0.3 is 9.84 Å². The van der Waals surface area contributed by atoms with Crippen LogP contribution in [0.3, 0.4) is 0 Å². The quantitative estimate of drug-likeness (QED) is 0.736. The first-order chi connectivity index (χ1) is 11.3. The summed E-state index contributed by atoms with van der Waals surface area (Å²) in [5.74, 6) is 0.0109. The number of aliphatic hydroxyl groups excluding tert-OH is 1. The fourth-order valence-corrected chi connectivity index (χ4v) is 4.44. The fourth-order valence-electron chi connectivity index (χ4n) is 4.03. The van der Waals surface area contributed by atoms with Crippen LogP contribution in [0.25, 0.3) is 5.57 Å². The summed E-state index contributed by atoms with van der Waals surface area (Å²) in [7, 11) is 0. The first-order valence-corrected chi connectivity index (χ1v) is 9.57. The summed E-state index contributed by atoms with van der Waals surface area (Å²) in [5.41, 5.74) is 0.727. The molecule has 24 heavy (non-hydrogen) atoms. The molecule has 1 aromatic carbocycles. The van der Waals surface area contributed by atoms with Crippen molar-refractivity contribution in [3.63, 3.8) is 0 Å². The van der Waals surface area contributed by atoms with Gasteiger partial charge in [-0.25, -0.2) is 0 Å². The van der Waals surface area contributed by atoms with Crippen molar-refractivity contribution < 1.29 is 14.6 Å². The summed E-state index contributed by atoms with van der Waals surface area (Å²) in [5, 5.41) is 11.1. The van der Waals surface area contributed by atoms with Gasteiger partial charge in [0.25, 0.3) is 0 Å². The minimum Gasteiger partial charge on any atom is -0.508 e. The van der Waals surface area contributed by atoms with Crippen LogP contribution in [-0.2, 0) is 16.0 Å². The molecule has 4 heteroatoms. The van der Waals surface area contributed by atoms with Crippen molar-refractivity contribution in [2.75, 3.05) is 0 Å². The summed E-state index contributed by atoms with van der Waals surface area (Å²) in [6, 6.07) is 5.89. The largest absolute Gasteiger partial charge is 0.508 e. The predicted molar refractivity (Wildman–Crippen MR) is 99.1 cm³/mol. The number of hydrogen-bond acceptors (Lipinski definition) is 3. The fraction of sp³-hybridized carbons (Fsp3) is 0.550. The zero-order valence-electron chi connectivity index (χ0n) is 14.6. The molecule has 0 radical (unpaired) electrons. The molecule has 130 valence electrons. The highest BCUT2D eigenvalue weighted by atomic mass is 79.9. The van der Waals surface area contributed by atoms with Crippen LogP contribution in [0.1, 0.15) is 64.0 Å². The minimum absolute atomic E-state index is 0.131. The second-order valence-corrected chi connectivity index (χ2v) is 8.29. The zero-order chi connectivity index (χ0) is 17.5. The smallest absolute Gasteiger partial charge is 0.198 e. The molecule has 2 aliphatic rings. The van der Waals surface area contributed by atoms with Crippen molar-refractivity contribution in [1.82, 2.24) is 0 Å². The second-order valence-electron chi connectivity index (χ2n) is 7.38. The monoisotopic (exact) mass is 392 g/mol. The van der Waals surface area contributed by atoms with Gasteiger partial charge in [-0.2, -0.15) is 0 Å². The van der Waals surface area contributed by atoms with Crippen LogP contribution in [0.4, 0.5) is 0 Å². The van der Waals surface area contributed by atoms with Gasteiger partial charge in [-0.3, -0.25) is 4.79 Å². The first kappa shape index (κ1) is 17.7. The maximum absolute atomic E-state index is 13.1. The van der Waals surface area contributed by atoms with E-state index < -0.39 is 11.2 Å². The second kappa shape index (κ2) is 6.30. The lowest BCUT2D eigenvalue weighted by atomic mass is 9.74. The molecule has 1 aliphatic heterocycles. The van der Waals surface area contributed by atoms with E-state index in [1.807, 2.05) is 32.0 Å². The molecule has 1 aromatic rings. The topological polar surface area (TPSA) is 46.5 Å². The number of benzene rings is 1. The number of aliphatic hydroxyl groups is 1. The van der Waals surface area contributed by atoms with Crippen molar-refractivity contribution in [2.45, 2.75) is 70.5 Å². The predicted octanol–water partition coefficient (Wildman–Crippen LogP) is 5.36. The van der Waals surface area contributed by atoms with E-state index >= 15 is 0 Å². The molecule has 1 saturated carbocycles. The lowest BCUT2D eigenvalue weighted by Gasteiger charge is -2.46. The molecule has 1 aliphatic carbocycles. The summed E-state index contributed by atoms with van der Waals surface area (Å²) < 4.78 is 7.19. The van der Waals surface area contributed by atoms with Crippen molar-refractivity contribution in [3.8, 4) is 0 Å². The van der Waals surface area contributed by atoms with Gasteiger partial charge in [-0.05, 0) is 56.4 Å². The third-order valence-corrected chi connectivity index (χ3v) is 5.76. The van der Waals surface area contributed by atoms with Crippen molar-refractivity contribution in [3.05, 3.63) is 39.6 Å². The van der Waals surface area contributed by atoms with Gasteiger partial charge in [0.2, 0.25) is 0 Å². The number of carbonyl (C=O) groups is 1. The average Bonchev–Trinajstić information content (AvgIpc) is 2.55. The normalized spacial score (nSPS) is 22.9. The lowest BCUT2D eigenvalue weighted by molar-refractivity contribution is -0.172. The number of carbonyl (C=O) groups excluding carboxylic acids is 1. The number of hydrogen-bond donors (Lipinski definition) is 1. The molecule has 1 N–H and O–H groups in total. The van der Waals surface area contributed by atoms with E-state index in [9.17, 15) is 9.90 Å².